The number of hydrogen-bond acceptors (Lipinski definition) is 4. The molecule has 0 saturated heterocycles. The summed E-state index contributed by atoms with van der Waals surface area (Å²) in [7, 11) is 1.32. The molecule has 0 rings (SSSR count). The number of ether oxygens (including phenoxy) is 1. The topological polar surface area (TPSA) is 102 Å². The number of amidine groups is 1. The molecule has 0 saturated carbocycles. The van der Waals surface area contributed by atoms with Gasteiger partial charge in [0, 0.05) is 6.42 Å². The van der Waals surface area contributed by atoms with Crippen molar-refractivity contribution in [3.63, 3.8) is 0 Å². The molecule has 76 valence electrons. The summed E-state index contributed by atoms with van der Waals surface area (Å²) in [6.07, 6.45) is 2.73. The van der Waals surface area contributed by atoms with Crippen molar-refractivity contribution in [3.8, 4) is 0 Å². The molecular weight excluding hydrogens is 170 g/mol. The number of esters is 1. The second kappa shape index (κ2) is 6.42. The van der Waals surface area contributed by atoms with Crippen LogP contribution in [0.1, 0.15) is 25.7 Å². The lowest BCUT2D eigenvalue weighted by molar-refractivity contribution is -0.142. The molecule has 0 unspecified atom stereocenters. The Balaban J connectivity index is 3.42. The average Bonchev–Trinajstić information content (AvgIpc) is 2.10. The monoisotopic (exact) mass is 187 g/mol. The van der Waals surface area contributed by atoms with Crippen molar-refractivity contribution < 1.29 is 9.53 Å². The molecule has 0 amide bonds. The molecule has 5 N–H and O–H groups in total. The molecule has 0 aromatic heterocycles. The van der Waals surface area contributed by atoms with E-state index >= 15 is 0 Å². The van der Waals surface area contributed by atoms with Crippen molar-refractivity contribution in [1.82, 2.24) is 0 Å². The summed E-state index contributed by atoms with van der Waals surface area (Å²) in [5.74, 6) is -0.213. The van der Waals surface area contributed by atoms with E-state index in [0.717, 1.165) is 12.8 Å². The van der Waals surface area contributed by atoms with Crippen LogP contribution in [0.25, 0.3) is 0 Å². The minimum atomic E-state index is -0.544. The Morgan fingerprint density at radius 1 is 1.54 bits per heavy atom. The maximum absolute atomic E-state index is 10.8. The summed E-state index contributed by atoms with van der Waals surface area (Å²) in [6.45, 7) is 0. The minimum Gasteiger partial charge on any atom is -0.468 e. The van der Waals surface area contributed by atoms with Gasteiger partial charge in [0.15, 0.2) is 0 Å². The molecule has 0 heterocycles. The van der Waals surface area contributed by atoms with Crippen LogP contribution >= 0.6 is 0 Å². The fourth-order valence-corrected chi connectivity index (χ4v) is 0.949. The molecule has 5 heteroatoms. The summed E-state index contributed by atoms with van der Waals surface area (Å²) in [4.78, 5) is 10.8. The fraction of sp³-hybridized carbons (Fsp3) is 0.750. The van der Waals surface area contributed by atoms with Crippen LogP contribution in [0.4, 0.5) is 0 Å². The van der Waals surface area contributed by atoms with Crippen molar-refractivity contribution in [3.05, 3.63) is 0 Å². The van der Waals surface area contributed by atoms with Gasteiger partial charge in [-0.25, -0.2) is 0 Å². The SMILES string of the molecule is COC(=O)[C@@H](N)CCCCC(=N)N. The third kappa shape index (κ3) is 6.10. The van der Waals surface area contributed by atoms with Crippen molar-refractivity contribution >= 4 is 11.8 Å². The zero-order chi connectivity index (χ0) is 10.3. The van der Waals surface area contributed by atoms with Crippen LogP contribution in [-0.2, 0) is 9.53 Å². The first-order valence-electron chi connectivity index (χ1n) is 4.24. The zero-order valence-electron chi connectivity index (χ0n) is 7.88. The second-order valence-electron chi connectivity index (χ2n) is 2.90. The van der Waals surface area contributed by atoms with Crippen LogP contribution < -0.4 is 11.5 Å². The molecule has 0 spiro atoms. The number of unbranched alkanes of at least 4 members (excludes halogenated alkanes) is 1. The van der Waals surface area contributed by atoms with Gasteiger partial charge in [-0.15, -0.1) is 0 Å². The van der Waals surface area contributed by atoms with E-state index < -0.39 is 6.04 Å². The molecule has 0 aliphatic heterocycles. The summed E-state index contributed by atoms with van der Waals surface area (Å²) < 4.78 is 4.46. The normalized spacial score (nSPS) is 12.2. The van der Waals surface area contributed by atoms with Crippen LogP contribution in [-0.4, -0.2) is 25.0 Å². The molecule has 0 aromatic carbocycles. The third-order valence-electron chi connectivity index (χ3n) is 1.72. The Morgan fingerprint density at radius 3 is 2.62 bits per heavy atom. The maximum atomic E-state index is 10.8. The molecule has 13 heavy (non-hydrogen) atoms. The minimum absolute atomic E-state index is 0.173. The number of nitrogens with two attached hydrogens (primary N) is 2. The van der Waals surface area contributed by atoms with Gasteiger partial charge >= 0.3 is 5.97 Å². The number of carbonyl (C=O) groups excluding carboxylic acids is 1. The Bertz CT molecular complexity index is 182. The van der Waals surface area contributed by atoms with Crippen molar-refractivity contribution in [2.24, 2.45) is 11.5 Å². The van der Waals surface area contributed by atoms with Crippen LogP contribution in [0, 0.1) is 5.41 Å². The highest BCUT2D eigenvalue weighted by Gasteiger charge is 2.12. The highest BCUT2D eigenvalue weighted by molar-refractivity contribution is 5.76. The summed E-state index contributed by atoms with van der Waals surface area (Å²) in [6, 6.07) is -0.544. The van der Waals surface area contributed by atoms with Crippen LogP contribution in [0.5, 0.6) is 0 Å². The van der Waals surface area contributed by atoms with E-state index in [-0.39, 0.29) is 11.8 Å². The van der Waals surface area contributed by atoms with E-state index in [2.05, 4.69) is 4.74 Å². The van der Waals surface area contributed by atoms with Gasteiger partial charge in [-0.2, -0.15) is 0 Å². The molecule has 0 aromatic rings. The predicted molar refractivity (Wildman–Crippen MR) is 50.4 cm³/mol. The maximum Gasteiger partial charge on any atom is 0.322 e. The van der Waals surface area contributed by atoms with E-state index in [1.54, 1.807) is 0 Å². The van der Waals surface area contributed by atoms with Crippen LogP contribution in [0.15, 0.2) is 0 Å². The predicted octanol–water partition coefficient (Wildman–Crippen LogP) is -0.0169. The summed E-state index contributed by atoms with van der Waals surface area (Å²) >= 11 is 0. The lowest BCUT2D eigenvalue weighted by atomic mass is 10.1. The Labute approximate surface area is 77.9 Å². The van der Waals surface area contributed by atoms with E-state index in [1.165, 1.54) is 7.11 Å². The van der Waals surface area contributed by atoms with Crippen molar-refractivity contribution in [2.45, 2.75) is 31.7 Å². The number of methoxy groups -OCH3 is 1. The molecule has 1 atom stereocenters. The van der Waals surface area contributed by atoms with Gasteiger partial charge in [-0.3, -0.25) is 10.2 Å². The van der Waals surface area contributed by atoms with Gasteiger partial charge in [-0.1, -0.05) is 6.42 Å². The van der Waals surface area contributed by atoms with E-state index in [0.29, 0.717) is 12.8 Å². The number of rotatable bonds is 6. The van der Waals surface area contributed by atoms with Crippen LogP contribution in [0.2, 0.25) is 0 Å². The molecule has 0 radical (unpaired) electrons. The Morgan fingerprint density at radius 2 is 2.15 bits per heavy atom. The largest absolute Gasteiger partial charge is 0.468 e. The van der Waals surface area contributed by atoms with Crippen molar-refractivity contribution in [1.29, 1.82) is 5.41 Å². The molecule has 0 aliphatic rings. The van der Waals surface area contributed by atoms with E-state index in [1.807, 2.05) is 0 Å². The van der Waals surface area contributed by atoms with E-state index in [4.69, 9.17) is 16.9 Å². The summed E-state index contributed by atoms with van der Waals surface area (Å²) in [5, 5.41) is 6.96. The lowest BCUT2D eigenvalue weighted by Gasteiger charge is -2.07. The Kier molecular flexibility index (Phi) is 5.88. The van der Waals surface area contributed by atoms with Gasteiger partial charge in [0.05, 0.1) is 12.9 Å². The van der Waals surface area contributed by atoms with Gasteiger partial charge in [-0.05, 0) is 12.8 Å². The highest BCUT2D eigenvalue weighted by Crippen LogP contribution is 2.02. The first-order valence-corrected chi connectivity index (χ1v) is 4.24. The zero-order valence-corrected chi connectivity index (χ0v) is 7.88. The van der Waals surface area contributed by atoms with Gasteiger partial charge in [0.2, 0.25) is 0 Å². The van der Waals surface area contributed by atoms with Gasteiger partial charge < -0.3 is 16.2 Å². The van der Waals surface area contributed by atoms with Crippen molar-refractivity contribution in [2.75, 3.05) is 7.11 Å². The standard InChI is InChI=1S/C8H17N3O2/c1-13-8(12)6(9)4-2-3-5-7(10)11/h6H,2-5,9H2,1H3,(H3,10,11)/t6-/m0/s1. The molecule has 5 nitrogen and oxygen atoms in total. The number of carbonyl (C=O) groups is 1. The molecular formula is C8H17N3O2. The summed E-state index contributed by atoms with van der Waals surface area (Å²) in [5.41, 5.74) is 10.6. The molecule has 0 aliphatic carbocycles. The van der Waals surface area contributed by atoms with Gasteiger partial charge in [0.1, 0.15) is 6.04 Å². The second-order valence-corrected chi connectivity index (χ2v) is 2.90. The smallest absolute Gasteiger partial charge is 0.322 e. The third-order valence-corrected chi connectivity index (χ3v) is 1.72. The van der Waals surface area contributed by atoms with Gasteiger partial charge in [0.25, 0.3) is 0 Å². The fourth-order valence-electron chi connectivity index (χ4n) is 0.949. The quantitative estimate of drug-likeness (QED) is 0.235. The number of nitrogens with one attached hydrogen (secondary N) is 1. The lowest BCUT2D eigenvalue weighted by Crippen LogP contribution is -2.31. The van der Waals surface area contributed by atoms with Crippen LogP contribution in [0.3, 0.4) is 0 Å². The van der Waals surface area contributed by atoms with E-state index in [9.17, 15) is 4.79 Å². The first kappa shape index (κ1) is 11.9. The molecule has 0 fully saturated rings. The molecule has 0 bridgehead atoms. The average molecular weight is 187 g/mol. The number of hydrogen-bond donors (Lipinski definition) is 3. The highest BCUT2D eigenvalue weighted by atomic mass is 16.5. The Hall–Kier alpha value is -1.10. The first-order chi connectivity index (χ1) is 6.07.